The third kappa shape index (κ3) is 4.26. The molecule has 4 nitrogen and oxygen atoms in total. The molecule has 0 aliphatic heterocycles. The Morgan fingerprint density at radius 2 is 1.20 bits per heavy atom. The Morgan fingerprint density at radius 1 is 0.667 bits per heavy atom. The molecule has 0 radical (unpaired) electrons. The van der Waals surface area contributed by atoms with Crippen LogP contribution >= 0.6 is 12.6 Å². The van der Waals surface area contributed by atoms with E-state index in [0.717, 1.165) is 11.1 Å². The lowest BCUT2D eigenvalue weighted by Crippen LogP contribution is -2.04. The van der Waals surface area contributed by atoms with Crippen molar-refractivity contribution in [3.63, 3.8) is 0 Å². The first-order chi connectivity index (χ1) is 14.4. The highest BCUT2D eigenvalue weighted by Crippen LogP contribution is 2.41. The molecule has 0 saturated heterocycles. The molecule has 0 aliphatic carbocycles. The highest BCUT2D eigenvalue weighted by Gasteiger charge is 2.25. The molecule has 0 spiro atoms. The van der Waals surface area contributed by atoms with Crippen molar-refractivity contribution in [2.24, 2.45) is 0 Å². The fourth-order valence-electron chi connectivity index (χ4n) is 3.21. The van der Waals surface area contributed by atoms with Gasteiger partial charge in [-0.1, -0.05) is 78.9 Å². The van der Waals surface area contributed by atoms with E-state index in [1.54, 1.807) is 36.4 Å². The van der Waals surface area contributed by atoms with Gasteiger partial charge in [-0.2, -0.15) is 8.42 Å². The second-order valence-corrected chi connectivity index (χ2v) is 8.46. The first-order valence-corrected chi connectivity index (χ1v) is 11.0. The lowest BCUT2D eigenvalue weighted by atomic mass is 10.00. The average Bonchev–Trinajstić information content (AvgIpc) is 2.76. The van der Waals surface area contributed by atoms with Gasteiger partial charge < -0.3 is 4.74 Å². The molecule has 0 unspecified atom stereocenters. The van der Waals surface area contributed by atoms with Crippen molar-refractivity contribution < 1.29 is 17.7 Å². The molecule has 0 aliphatic rings. The molecule has 1 N–H and O–H groups in total. The van der Waals surface area contributed by atoms with Crippen LogP contribution in [0.4, 0.5) is 0 Å². The summed E-state index contributed by atoms with van der Waals surface area (Å²) in [7, 11) is -4.59. The predicted octanol–water partition coefficient (Wildman–Crippen LogP) is 6.35. The zero-order valence-corrected chi connectivity index (χ0v) is 17.5. The molecule has 4 aromatic rings. The van der Waals surface area contributed by atoms with Gasteiger partial charge in [0.05, 0.1) is 0 Å². The van der Waals surface area contributed by atoms with Gasteiger partial charge in [0.25, 0.3) is 10.1 Å². The molecule has 4 aromatic carbocycles. The molecule has 6 heteroatoms. The first kappa shape index (κ1) is 20.2. The fourth-order valence-corrected chi connectivity index (χ4v) is 4.37. The van der Waals surface area contributed by atoms with E-state index in [9.17, 15) is 13.0 Å². The number of hydrogen-bond donors (Lipinski definition) is 2. The van der Waals surface area contributed by atoms with E-state index in [1.165, 1.54) is 0 Å². The standard InChI is InChI=1S/C24H18O4S2/c25-30(26,27)24-21(15-16-22(29)23(24)28-20-9-5-2-6-10-20)19-13-11-18(12-14-19)17-7-3-1-4-8-17/h1-16,29H,(H,25,26,27). The van der Waals surface area contributed by atoms with Gasteiger partial charge in [-0.25, -0.2) is 0 Å². The zero-order chi connectivity index (χ0) is 21.1. The Hall–Kier alpha value is -3.06. The lowest BCUT2D eigenvalue weighted by Gasteiger charge is -2.16. The van der Waals surface area contributed by atoms with Crippen LogP contribution in [0.15, 0.2) is 107 Å². The summed E-state index contributed by atoms with van der Waals surface area (Å²) in [6, 6.07) is 29.3. The van der Waals surface area contributed by atoms with E-state index in [4.69, 9.17) is 4.74 Å². The maximum absolute atomic E-state index is 12.3. The fraction of sp³-hybridized carbons (Fsp3) is 0. The summed E-state index contributed by atoms with van der Waals surface area (Å²) in [5, 5.41) is 0. The molecule has 0 saturated carbocycles. The Morgan fingerprint density at radius 3 is 1.80 bits per heavy atom. The highest BCUT2D eigenvalue weighted by molar-refractivity contribution is 7.86. The summed E-state index contributed by atoms with van der Waals surface area (Å²) in [5.74, 6) is 0.422. The van der Waals surface area contributed by atoms with E-state index < -0.39 is 10.1 Å². The molecular weight excluding hydrogens is 416 g/mol. The maximum Gasteiger partial charge on any atom is 0.298 e. The number of benzene rings is 4. The minimum Gasteiger partial charge on any atom is -0.455 e. The van der Waals surface area contributed by atoms with Gasteiger partial charge in [-0.3, -0.25) is 4.55 Å². The maximum atomic E-state index is 12.3. The molecule has 0 atom stereocenters. The molecule has 0 bridgehead atoms. The Balaban J connectivity index is 1.83. The third-order valence-electron chi connectivity index (χ3n) is 4.62. The molecule has 0 aromatic heterocycles. The van der Waals surface area contributed by atoms with Crippen molar-refractivity contribution in [1.29, 1.82) is 0 Å². The van der Waals surface area contributed by atoms with Crippen LogP contribution in [0.3, 0.4) is 0 Å². The minimum atomic E-state index is -4.59. The Bertz CT molecular complexity index is 1270. The van der Waals surface area contributed by atoms with Gasteiger partial charge in [0.2, 0.25) is 0 Å². The topological polar surface area (TPSA) is 63.6 Å². The number of thiol groups is 1. The van der Waals surface area contributed by atoms with E-state index in [-0.39, 0.29) is 10.6 Å². The Kier molecular flexibility index (Phi) is 5.63. The first-order valence-electron chi connectivity index (χ1n) is 9.16. The lowest BCUT2D eigenvalue weighted by molar-refractivity contribution is 0.442. The smallest absolute Gasteiger partial charge is 0.298 e. The summed E-state index contributed by atoms with van der Waals surface area (Å²) in [5.41, 5.74) is 3.02. The van der Waals surface area contributed by atoms with Gasteiger partial charge in [0.15, 0.2) is 5.75 Å². The van der Waals surface area contributed by atoms with Crippen LogP contribution in [0.5, 0.6) is 11.5 Å². The van der Waals surface area contributed by atoms with Crippen LogP contribution in [-0.4, -0.2) is 13.0 Å². The molecule has 4 rings (SSSR count). The predicted molar refractivity (Wildman–Crippen MR) is 121 cm³/mol. The van der Waals surface area contributed by atoms with Gasteiger partial charge in [-0.15, -0.1) is 12.6 Å². The molecule has 30 heavy (non-hydrogen) atoms. The SMILES string of the molecule is O=S(=O)(O)c1c(-c2ccc(-c3ccccc3)cc2)ccc(S)c1Oc1ccccc1. The van der Waals surface area contributed by atoms with Crippen molar-refractivity contribution in [1.82, 2.24) is 0 Å². The van der Waals surface area contributed by atoms with Crippen LogP contribution in [0, 0.1) is 0 Å². The number of hydrogen-bond acceptors (Lipinski definition) is 4. The summed E-state index contributed by atoms with van der Waals surface area (Å²) < 4.78 is 40.5. The molecule has 0 amide bonds. The van der Waals surface area contributed by atoms with Crippen LogP contribution < -0.4 is 4.74 Å². The van der Waals surface area contributed by atoms with Gasteiger partial charge >= 0.3 is 0 Å². The number of para-hydroxylation sites is 1. The van der Waals surface area contributed by atoms with E-state index in [1.807, 2.05) is 60.7 Å². The van der Waals surface area contributed by atoms with E-state index in [0.29, 0.717) is 21.8 Å². The minimum absolute atomic E-state index is 0.0170. The van der Waals surface area contributed by atoms with E-state index in [2.05, 4.69) is 12.6 Å². The summed E-state index contributed by atoms with van der Waals surface area (Å²) >= 11 is 4.35. The van der Waals surface area contributed by atoms with Crippen molar-refractivity contribution in [3.05, 3.63) is 97.1 Å². The quantitative estimate of drug-likeness (QED) is 0.284. The largest absolute Gasteiger partial charge is 0.455 e. The van der Waals surface area contributed by atoms with Crippen molar-refractivity contribution >= 4 is 22.7 Å². The van der Waals surface area contributed by atoms with Gasteiger partial charge in [0.1, 0.15) is 10.6 Å². The highest BCUT2D eigenvalue weighted by atomic mass is 32.2. The number of rotatable bonds is 5. The van der Waals surface area contributed by atoms with Crippen molar-refractivity contribution in [3.8, 4) is 33.8 Å². The Labute approximate surface area is 180 Å². The van der Waals surface area contributed by atoms with Crippen LogP contribution in [0.2, 0.25) is 0 Å². The number of ether oxygens (including phenoxy) is 1. The van der Waals surface area contributed by atoms with Crippen LogP contribution in [0.1, 0.15) is 0 Å². The third-order valence-corrected chi connectivity index (χ3v) is 5.89. The van der Waals surface area contributed by atoms with Crippen molar-refractivity contribution in [2.75, 3.05) is 0 Å². The monoisotopic (exact) mass is 434 g/mol. The van der Waals surface area contributed by atoms with Gasteiger partial charge in [0, 0.05) is 10.5 Å². The summed E-state index contributed by atoms with van der Waals surface area (Å²) in [6.07, 6.45) is 0. The average molecular weight is 435 g/mol. The second kappa shape index (κ2) is 8.36. The van der Waals surface area contributed by atoms with Crippen LogP contribution in [-0.2, 0) is 10.1 Å². The van der Waals surface area contributed by atoms with Crippen molar-refractivity contribution in [2.45, 2.75) is 9.79 Å². The normalized spacial score (nSPS) is 11.3. The molecule has 0 fully saturated rings. The van der Waals surface area contributed by atoms with Crippen LogP contribution in [0.25, 0.3) is 22.3 Å². The summed E-state index contributed by atoms with van der Waals surface area (Å²) in [4.78, 5) is -0.0116. The second-order valence-electron chi connectivity index (χ2n) is 6.62. The zero-order valence-electron chi connectivity index (χ0n) is 15.8. The van der Waals surface area contributed by atoms with E-state index >= 15 is 0 Å². The summed E-state index contributed by atoms with van der Waals surface area (Å²) in [6.45, 7) is 0. The molecule has 150 valence electrons. The molecular formula is C24H18O4S2. The van der Waals surface area contributed by atoms with Gasteiger partial charge in [-0.05, 0) is 34.9 Å². The molecule has 0 heterocycles.